The van der Waals surface area contributed by atoms with Gasteiger partial charge in [0.25, 0.3) is 0 Å². The number of Topliss-reactive ketones (excluding diaryl/α,β-unsaturated/α-hetero) is 1. The first-order valence-corrected chi connectivity index (χ1v) is 8.96. The smallest absolute Gasteiger partial charge is 0.233 e. The predicted octanol–water partition coefficient (Wildman–Crippen LogP) is 4.45. The number of hydrogen-bond donors (Lipinski definition) is 0. The number of fused-ring (bicyclic) bond motifs is 1. The van der Waals surface area contributed by atoms with Gasteiger partial charge in [0.1, 0.15) is 11.5 Å². The lowest BCUT2D eigenvalue weighted by Gasteiger charge is -2.16. The third-order valence-electron chi connectivity index (χ3n) is 4.23. The normalized spacial score (nSPS) is 13.2. The van der Waals surface area contributed by atoms with Crippen LogP contribution in [0.15, 0.2) is 60.7 Å². The number of carbonyl (C=O) groups excluding carboxylic acids is 2. The van der Waals surface area contributed by atoms with Crippen molar-refractivity contribution in [2.24, 2.45) is 0 Å². The molecule has 134 valence electrons. The van der Waals surface area contributed by atoms with E-state index in [-0.39, 0.29) is 0 Å². The molecule has 1 aliphatic rings. The Balaban J connectivity index is 1.36. The van der Waals surface area contributed by atoms with Crippen molar-refractivity contribution in [3.05, 3.63) is 71.8 Å². The van der Waals surface area contributed by atoms with Crippen LogP contribution in [-0.4, -0.2) is 24.8 Å². The zero-order chi connectivity index (χ0) is 18.2. The third kappa shape index (κ3) is 4.60. The average Bonchev–Trinajstić information content (AvgIpc) is 2.68. The Hall–Kier alpha value is -2.88. The van der Waals surface area contributed by atoms with Gasteiger partial charge in [-0.3, -0.25) is 9.59 Å². The first-order chi connectivity index (χ1) is 12.8. The predicted molar refractivity (Wildman–Crippen MR) is 100 cm³/mol. The molecule has 0 saturated carbocycles. The highest BCUT2D eigenvalue weighted by Crippen LogP contribution is 2.26. The van der Waals surface area contributed by atoms with E-state index in [4.69, 9.17) is 9.47 Å². The Morgan fingerprint density at radius 1 is 0.654 bits per heavy atom. The van der Waals surface area contributed by atoms with Crippen LogP contribution in [0.5, 0.6) is 5.75 Å². The summed E-state index contributed by atoms with van der Waals surface area (Å²) >= 11 is 0. The van der Waals surface area contributed by atoms with E-state index in [1.807, 2.05) is 42.5 Å². The summed E-state index contributed by atoms with van der Waals surface area (Å²) in [5, 5.41) is 0. The second-order valence-electron chi connectivity index (χ2n) is 6.17. The monoisotopic (exact) mass is 350 g/mol. The molecule has 0 aromatic heterocycles. The van der Waals surface area contributed by atoms with E-state index in [0.717, 1.165) is 31.4 Å². The summed E-state index contributed by atoms with van der Waals surface area (Å²) in [5.41, 5.74) is 1.13. The van der Waals surface area contributed by atoms with Crippen molar-refractivity contribution in [2.75, 3.05) is 13.2 Å². The molecule has 3 rings (SSSR count). The minimum absolute atomic E-state index is 0.424. The fourth-order valence-corrected chi connectivity index (χ4v) is 2.86. The number of ketones is 2. The number of allylic oxidation sites excluding steroid dienone is 1. The zero-order valence-electron chi connectivity index (χ0n) is 14.6. The first kappa shape index (κ1) is 17.9. The van der Waals surface area contributed by atoms with Gasteiger partial charge < -0.3 is 9.47 Å². The maximum Gasteiger partial charge on any atom is 0.233 e. The molecule has 4 nitrogen and oxygen atoms in total. The van der Waals surface area contributed by atoms with Gasteiger partial charge >= 0.3 is 0 Å². The van der Waals surface area contributed by atoms with Crippen molar-refractivity contribution in [3.63, 3.8) is 0 Å². The van der Waals surface area contributed by atoms with Gasteiger partial charge in [0, 0.05) is 17.2 Å². The second-order valence-corrected chi connectivity index (χ2v) is 6.17. The van der Waals surface area contributed by atoms with Gasteiger partial charge in [0.05, 0.1) is 13.2 Å². The molecule has 26 heavy (non-hydrogen) atoms. The molecule has 0 spiro atoms. The van der Waals surface area contributed by atoms with Crippen LogP contribution < -0.4 is 4.74 Å². The SMILES string of the molecule is O=C1C=C(OCCCCCCOc2ccccc2)c2ccccc2C1=O. The van der Waals surface area contributed by atoms with Crippen molar-refractivity contribution in [2.45, 2.75) is 25.7 Å². The van der Waals surface area contributed by atoms with E-state index >= 15 is 0 Å². The molecule has 0 N–H and O–H groups in total. The molecule has 0 heterocycles. The van der Waals surface area contributed by atoms with Crippen LogP contribution in [-0.2, 0) is 9.53 Å². The van der Waals surface area contributed by atoms with Gasteiger partial charge in [-0.05, 0) is 37.8 Å². The van der Waals surface area contributed by atoms with Crippen LogP contribution in [0.3, 0.4) is 0 Å². The van der Waals surface area contributed by atoms with E-state index in [1.165, 1.54) is 6.08 Å². The van der Waals surface area contributed by atoms with Crippen LogP contribution in [0.4, 0.5) is 0 Å². The summed E-state index contributed by atoms with van der Waals surface area (Å²) in [5.74, 6) is 0.415. The van der Waals surface area contributed by atoms with E-state index in [9.17, 15) is 9.59 Å². The van der Waals surface area contributed by atoms with E-state index in [2.05, 4.69) is 0 Å². The summed E-state index contributed by atoms with van der Waals surface area (Å²) in [6, 6.07) is 16.9. The molecule has 0 saturated heterocycles. The Labute approximate surface area is 153 Å². The minimum atomic E-state index is -0.517. The summed E-state index contributed by atoms with van der Waals surface area (Å²) in [6.45, 7) is 1.24. The fraction of sp³-hybridized carbons (Fsp3) is 0.273. The second kappa shape index (κ2) is 8.99. The Bertz CT molecular complexity index is 793. The van der Waals surface area contributed by atoms with E-state index in [0.29, 0.717) is 30.1 Å². The highest BCUT2D eigenvalue weighted by molar-refractivity contribution is 6.50. The highest BCUT2D eigenvalue weighted by Gasteiger charge is 2.26. The van der Waals surface area contributed by atoms with Gasteiger partial charge in [-0.2, -0.15) is 0 Å². The van der Waals surface area contributed by atoms with Crippen molar-refractivity contribution in [1.29, 1.82) is 0 Å². The zero-order valence-corrected chi connectivity index (χ0v) is 14.6. The van der Waals surface area contributed by atoms with Crippen molar-refractivity contribution < 1.29 is 19.1 Å². The average molecular weight is 350 g/mol. The molecule has 0 radical (unpaired) electrons. The molecule has 2 aromatic rings. The van der Waals surface area contributed by atoms with Crippen LogP contribution in [0.2, 0.25) is 0 Å². The first-order valence-electron chi connectivity index (χ1n) is 8.96. The number of carbonyl (C=O) groups is 2. The Kier molecular flexibility index (Phi) is 6.20. The lowest BCUT2D eigenvalue weighted by molar-refractivity contribution is -0.111. The quantitative estimate of drug-likeness (QED) is 0.495. The summed E-state index contributed by atoms with van der Waals surface area (Å²) < 4.78 is 11.4. The van der Waals surface area contributed by atoms with Crippen molar-refractivity contribution in [3.8, 4) is 5.75 Å². The number of unbranched alkanes of at least 4 members (excludes halogenated alkanes) is 3. The molecule has 4 heteroatoms. The summed E-state index contributed by atoms with van der Waals surface area (Å²) in [4.78, 5) is 23.7. The van der Waals surface area contributed by atoms with Crippen LogP contribution >= 0.6 is 0 Å². The molecular weight excluding hydrogens is 328 g/mol. The van der Waals surface area contributed by atoms with Crippen LogP contribution in [0.25, 0.3) is 5.76 Å². The van der Waals surface area contributed by atoms with E-state index in [1.54, 1.807) is 12.1 Å². The number of benzene rings is 2. The number of hydrogen-bond acceptors (Lipinski definition) is 4. The molecule has 0 amide bonds. The maximum atomic E-state index is 11.9. The van der Waals surface area contributed by atoms with Gasteiger partial charge in [-0.1, -0.05) is 42.5 Å². The van der Waals surface area contributed by atoms with Gasteiger partial charge in [-0.25, -0.2) is 0 Å². The summed E-state index contributed by atoms with van der Waals surface area (Å²) in [6.07, 6.45) is 5.28. The van der Waals surface area contributed by atoms with Gasteiger partial charge in [0.2, 0.25) is 11.6 Å². The standard InChI is InChI=1S/C22H22O4/c23-20-16-21(18-12-6-7-13-19(18)22(20)24)26-15-9-2-1-8-14-25-17-10-4-3-5-11-17/h3-7,10-13,16H,1-2,8-9,14-15H2. The Morgan fingerprint density at radius 3 is 2.00 bits per heavy atom. The lowest BCUT2D eigenvalue weighted by Crippen LogP contribution is -2.19. The molecule has 0 aliphatic heterocycles. The number of ether oxygens (including phenoxy) is 2. The fourth-order valence-electron chi connectivity index (χ4n) is 2.86. The van der Waals surface area contributed by atoms with Crippen molar-refractivity contribution >= 4 is 17.3 Å². The largest absolute Gasteiger partial charge is 0.494 e. The number of rotatable bonds is 9. The Morgan fingerprint density at radius 2 is 1.27 bits per heavy atom. The highest BCUT2D eigenvalue weighted by atomic mass is 16.5. The topological polar surface area (TPSA) is 52.6 Å². The molecule has 2 aromatic carbocycles. The van der Waals surface area contributed by atoms with Crippen molar-refractivity contribution in [1.82, 2.24) is 0 Å². The lowest BCUT2D eigenvalue weighted by atomic mass is 9.94. The molecule has 0 unspecified atom stereocenters. The molecule has 1 aliphatic carbocycles. The van der Waals surface area contributed by atoms with Gasteiger partial charge in [0.15, 0.2) is 0 Å². The van der Waals surface area contributed by atoms with Gasteiger partial charge in [-0.15, -0.1) is 0 Å². The maximum absolute atomic E-state index is 11.9. The van der Waals surface area contributed by atoms with Crippen LogP contribution in [0.1, 0.15) is 41.6 Å². The van der Waals surface area contributed by atoms with Crippen LogP contribution in [0, 0.1) is 0 Å². The third-order valence-corrected chi connectivity index (χ3v) is 4.23. The molecule has 0 bridgehead atoms. The summed E-state index contributed by atoms with van der Waals surface area (Å²) in [7, 11) is 0. The molecule has 0 fully saturated rings. The van der Waals surface area contributed by atoms with E-state index < -0.39 is 11.6 Å². The number of para-hydroxylation sites is 1. The minimum Gasteiger partial charge on any atom is -0.494 e. The molecule has 0 atom stereocenters. The molecular formula is C22H22O4.